The summed E-state index contributed by atoms with van der Waals surface area (Å²) in [4.78, 5) is 16.4. The summed E-state index contributed by atoms with van der Waals surface area (Å²) in [6.45, 7) is 2.37. The van der Waals surface area contributed by atoms with Gasteiger partial charge in [0.05, 0.1) is 10.2 Å². The molecule has 0 aliphatic rings. The molecule has 6 heteroatoms. The van der Waals surface area contributed by atoms with Gasteiger partial charge in [0.1, 0.15) is 0 Å². The molecule has 0 atom stereocenters. The van der Waals surface area contributed by atoms with Crippen LogP contribution in [0.5, 0.6) is 0 Å². The Morgan fingerprint density at radius 3 is 2.54 bits per heavy atom. The van der Waals surface area contributed by atoms with E-state index in [9.17, 15) is 4.79 Å². The molecule has 0 aliphatic heterocycles. The number of fused-ring (bicyclic) bond motifs is 1. The molecular formula is C18H20ClN3OS. The first kappa shape index (κ1) is 18.4. The van der Waals surface area contributed by atoms with Crippen LogP contribution in [0.2, 0.25) is 0 Å². The number of rotatable bonds is 7. The van der Waals surface area contributed by atoms with Crippen molar-refractivity contribution in [2.75, 3.05) is 13.1 Å². The van der Waals surface area contributed by atoms with E-state index in [0.717, 1.165) is 29.7 Å². The normalized spacial score (nSPS) is 10.3. The second-order valence-corrected chi connectivity index (χ2v) is 6.29. The van der Waals surface area contributed by atoms with Crippen molar-refractivity contribution < 1.29 is 4.79 Å². The maximum atomic E-state index is 12.1. The fraction of sp³-hybridized carbons (Fsp3) is 0.222. The monoisotopic (exact) mass is 361 g/mol. The molecule has 0 spiro atoms. The number of benzene rings is 2. The van der Waals surface area contributed by atoms with Crippen molar-refractivity contribution in [2.24, 2.45) is 0 Å². The summed E-state index contributed by atoms with van der Waals surface area (Å²) >= 11 is 1.43. The van der Waals surface area contributed by atoms with E-state index >= 15 is 0 Å². The summed E-state index contributed by atoms with van der Waals surface area (Å²) in [7, 11) is 0. The van der Waals surface area contributed by atoms with Gasteiger partial charge in [0.2, 0.25) is 0 Å². The lowest BCUT2D eigenvalue weighted by atomic mass is 10.2. The Kier molecular flexibility index (Phi) is 7.18. The number of thiazole rings is 1. The van der Waals surface area contributed by atoms with Crippen LogP contribution in [-0.2, 0) is 6.54 Å². The minimum atomic E-state index is -0.0886. The highest BCUT2D eigenvalue weighted by Gasteiger charge is 2.10. The smallest absolute Gasteiger partial charge is 0.280 e. The minimum absolute atomic E-state index is 0. The number of aromatic nitrogens is 1. The number of carbonyl (C=O) groups excluding carboxylic acids is 1. The van der Waals surface area contributed by atoms with Crippen molar-refractivity contribution in [3.63, 3.8) is 0 Å². The number of carbonyl (C=O) groups is 1. The van der Waals surface area contributed by atoms with Crippen LogP contribution in [-0.4, -0.2) is 24.0 Å². The van der Waals surface area contributed by atoms with Crippen molar-refractivity contribution in [1.82, 2.24) is 15.6 Å². The van der Waals surface area contributed by atoms with E-state index in [2.05, 4.69) is 27.8 Å². The van der Waals surface area contributed by atoms with Crippen molar-refractivity contribution in [2.45, 2.75) is 13.0 Å². The quantitative estimate of drug-likeness (QED) is 0.632. The third-order valence-corrected chi connectivity index (χ3v) is 4.51. The summed E-state index contributed by atoms with van der Waals surface area (Å²) < 4.78 is 1.04. The number of nitrogens with zero attached hydrogens (tertiary/aromatic N) is 1. The van der Waals surface area contributed by atoms with Crippen LogP contribution in [0.3, 0.4) is 0 Å². The molecule has 3 aromatic rings. The lowest BCUT2D eigenvalue weighted by molar-refractivity contribution is 0.0953. The summed E-state index contributed by atoms with van der Waals surface area (Å²) in [5.41, 5.74) is 2.15. The highest BCUT2D eigenvalue weighted by Crippen LogP contribution is 2.21. The number of nitrogens with one attached hydrogen (secondary N) is 2. The van der Waals surface area contributed by atoms with Crippen LogP contribution in [0.25, 0.3) is 10.2 Å². The molecule has 0 aliphatic carbocycles. The Morgan fingerprint density at radius 1 is 1.00 bits per heavy atom. The van der Waals surface area contributed by atoms with Gasteiger partial charge in [-0.2, -0.15) is 0 Å². The molecule has 1 aromatic heterocycles. The van der Waals surface area contributed by atoms with Gasteiger partial charge in [-0.25, -0.2) is 4.98 Å². The van der Waals surface area contributed by atoms with Crippen LogP contribution < -0.4 is 10.6 Å². The largest absolute Gasteiger partial charge is 0.350 e. The molecule has 2 N–H and O–H groups in total. The third kappa shape index (κ3) is 5.03. The predicted octanol–water partition coefficient (Wildman–Crippen LogP) is 3.63. The molecule has 0 bridgehead atoms. The van der Waals surface area contributed by atoms with Gasteiger partial charge in [-0.15, -0.1) is 23.7 Å². The van der Waals surface area contributed by atoms with E-state index in [-0.39, 0.29) is 18.3 Å². The molecule has 0 fully saturated rings. The molecule has 0 radical (unpaired) electrons. The first-order valence-corrected chi connectivity index (χ1v) is 8.53. The Balaban J connectivity index is 0.00000208. The maximum Gasteiger partial charge on any atom is 0.280 e. The van der Waals surface area contributed by atoms with Gasteiger partial charge in [-0.05, 0) is 30.7 Å². The van der Waals surface area contributed by atoms with Crippen molar-refractivity contribution in [3.05, 3.63) is 65.2 Å². The minimum Gasteiger partial charge on any atom is -0.350 e. The Labute approximate surface area is 151 Å². The zero-order chi connectivity index (χ0) is 15.9. The summed E-state index contributed by atoms with van der Waals surface area (Å²) in [6, 6.07) is 18.1. The SMILES string of the molecule is Cl.O=C(NCCCNCc1ccccc1)c1nc2ccccc2s1. The zero-order valence-corrected chi connectivity index (χ0v) is 14.8. The van der Waals surface area contributed by atoms with E-state index in [0.29, 0.717) is 11.6 Å². The molecule has 0 saturated heterocycles. The second kappa shape index (κ2) is 9.37. The van der Waals surface area contributed by atoms with Crippen LogP contribution in [0.15, 0.2) is 54.6 Å². The molecule has 4 nitrogen and oxygen atoms in total. The van der Waals surface area contributed by atoms with Gasteiger partial charge in [-0.3, -0.25) is 4.79 Å². The van der Waals surface area contributed by atoms with Crippen LogP contribution in [0.1, 0.15) is 21.8 Å². The standard InChI is InChI=1S/C18H19N3OS.ClH/c22-17(18-21-15-9-4-5-10-16(15)23-18)20-12-6-11-19-13-14-7-2-1-3-8-14;/h1-5,7-10,19H,6,11-13H2,(H,20,22);1H. The van der Waals surface area contributed by atoms with Gasteiger partial charge < -0.3 is 10.6 Å². The van der Waals surface area contributed by atoms with Crippen molar-refractivity contribution in [1.29, 1.82) is 0 Å². The average Bonchev–Trinajstić information content (AvgIpc) is 3.03. The second-order valence-electron chi connectivity index (χ2n) is 5.26. The fourth-order valence-corrected chi connectivity index (χ4v) is 3.17. The number of para-hydroxylation sites is 1. The lowest BCUT2D eigenvalue weighted by Crippen LogP contribution is -2.27. The Hall–Kier alpha value is -1.95. The molecule has 1 amide bonds. The highest BCUT2D eigenvalue weighted by molar-refractivity contribution is 7.20. The van der Waals surface area contributed by atoms with Gasteiger partial charge in [0.15, 0.2) is 5.01 Å². The molecular weight excluding hydrogens is 342 g/mol. The van der Waals surface area contributed by atoms with Crippen molar-refractivity contribution in [3.8, 4) is 0 Å². The van der Waals surface area contributed by atoms with Crippen LogP contribution >= 0.6 is 23.7 Å². The fourth-order valence-electron chi connectivity index (χ4n) is 2.29. The molecule has 126 valence electrons. The number of hydrogen-bond donors (Lipinski definition) is 2. The number of amides is 1. The van der Waals surface area contributed by atoms with Gasteiger partial charge >= 0.3 is 0 Å². The third-order valence-electron chi connectivity index (χ3n) is 3.48. The molecule has 0 unspecified atom stereocenters. The van der Waals surface area contributed by atoms with E-state index in [1.54, 1.807) is 0 Å². The van der Waals surface area contributed by atoms with E-state index in [1.165, 1.54) is 16.9 Å². The summed E-state index contributed by atoms with van der Waals surface area (Å²) in [6.07, 6.45) is 0.892. The van der Waals surface area contributed by atoms with Crippen LogP contribution in [0, 0.1) is 0 Å². The Morgan fingerprint density at radius 2 is 1.75 bits per heavy atom. The molecule has 0 saturated carbocycles. The first-order valence-electron chi connectivity index (χ1n) is 7.71. The average molecular weight is 362 g/mol. The van der Waals surface area contributed by atoms with E-state index < -0.39 is 0 Å². The van der Waals surface area contributed by atoms with Crippen molar-refractivity contribution >= 4 is 39.9 Å². The van der Waals surface area contributed by atoms with Gasteiger partial charge in [-0.1, -0.05) is 42.5 Å². The zero-order valence-electron chi connectivity index (χ0n) is 13.2. The Bertz CT molecular complexity index is 743. The van der Waals surface area contributed by atoms with Crippen LogP contribution in [0.4, 0.5) is 0 Å². The lowest BCUT2D eigenvalue weighted by Gasteiger charge is -2.05. The molecule has 2 aromatic carbocycles. The van der Waals surface area contributed by atoms with Gasteiger partial charge in [0.25, 0.3) is 5.91 Å². The highest BCUT2D eigenvalue weighted by atomic mass is 35.5. The molecule has 1 heterocycles. The summed E-state index contributed by atoms with van der Waals surface area (Å²) in [5, 5.41) is 6.83. The van der Waals surface area contributed by atoms with E-state index in [1.807, 2.05) is 42.5 Å². The molecule has 24 heavy (non-hydrogen) atoms. The summed E-state index contributed by atoms with van der Waals surface area (Å²) in [5.74, 6) is -0.0886. The number of halogens is 1. The van der Waals surface area contributed by atoms with Gasteiger partial charge in [0, 0.05) is 13.1 Å². The first-order chi connectivity index (χ1) is 11.3. The number of hydrogen-bond acceptors (Lipinski definition) is 4. The topological polar surface area (TPSA) is 54.0 Å². The molecule has 3 rings (SSSR count). The van der Waals surface area contributed by atoms with E-state index in [4.69, 9.17) is 0 Å². The maximum absolute atomic E-state index is 12.1. The predicted molar refractivity (Wildman–Crippen MR) is 102 cm³/mol.